The summed E-state index contributed by atoms with van der Waals surface area (Å²) in [6.45, 7) is 0. The zero-order valence-electron chi connectivity index (χ0n) is 23.3. The quantitative estimate of drug-likeness (QED) is 0.214. The Labute approximate surface area is 249 Å². The maximum absolute atomic E-state index is 5.13. The molecule has 2 heterocycles. The first kappa shape index (κ1) is 24.9. The number of nitrogens with zero attached hydrogens (tertiary/aromatic N) is 4. The van der Waals surface area contributed by atoms with Gasteiger partial charge in [-0.25, -0.2) is 4.98 Å². The summed E-state index contributed by atoms with van der Waals surface area (Å²) in [5.74, 6) is 1.86. The molecule has 0 aliphatic carbocycles. The molecule has 0 fully saturated rings. The second-order valence-corrected chi connectivity index (χ2v) is 10.5. The number of hydrogen-bond donors (Lipinski definition) is 0. The molecule has 8 rings (SSSR count). The topological polar surface area (TPSA) is 43.6 Å². The van der Waals surface area contributed by atoms with E-state index in [0.29, 0.717) is 17.6 Å². The molecule has 4 nitrogen and oxygen atoms in total. The van der Waals surface area contributed by atoms with Crippen molar-refractivity contribution in [3.8, 4) is 51.0 Å². The number of para-hydroxylation sites is 1. The van der Waals surface area contributed by atoms with E-state index in [-0.39, 0.29) is 0 Å². The van der Waals surface area contributed by atoms with Gasteiger partial charge in [0.1, 0.15) is 0 Å². The van der Waals surface area contributed by atoms with E-state index in [9.17, 15) is 0 Å². The van der Waals surface area contributed by atoms with Crippen LogP contribution >= 0.6 is 0 Å². The van der Waals surface area contributed by atoms with Gasteiger partial charge in [0.25, 0.3) is 0 Å². The molecule has 0 aliphatic heterocycles. The largest absolute Gasteiger partial charge is 0.277 e. The van der Waals surface area contributed by atoms with Crippen LogP contribution in [0.3, 0.4) is 0 Å². The fourth-order valence-electron chi connectivity index (χ4n) is 5.84. The first-order valence-corrected chi connectivity index (χ1v) is 14.4. The van der Waals surface area contributed by atoms with E-state index in [4.69, 9.17) is 15.0 Å². The average Bonchev–Trinajstić information content (AvgIpc) is 3.44. The summed E-state index contributed by atoms with van der Waals surface area (Å²) in [7, 11) is 0. The number of hydrogen-bond acceptors (Lipinski definition) is 3. The molecule has 0 saturated heterocycles. The molecule has 0 atom stereocenters. The lowest BCUT2D eigenvalue weighted by Gasteiger charge is -2.14. The summed E-state index contributed by atoms with van der Waals surface area (Å²) in [5, 5.41) is 2.30. The molecule has 0 saturated carbocycles. The van der Waals surface area contributed by atoms with Gasteiger partial charge in [-0.3, -0.25) is 4.57 Å². The van der Waals surface area contributed by atoms with Crippen molar-refractivity contribution in [2.75, 3.05) is 0 Å². The molecule has 202 valence electrons. The van der Waals surface area contributed by atoms with Gasteiger partial charge in [0.2, 0.25) is 5.95 Å². The minimum absolute atomic E-state index is 0.587. The van der Waals surface area contributed by atoms with Crippen LogP contribution in [0.5, 0.6) is 0 Å². The number of fused-ring (bicyclic) bond motifs is 3. The van der Waals surface area contributed by atoms with Gasteiger partial charge in [-0.2, -0.15) is 9.97 Å². The van der Waals surface area contributed by atoms with Crippen molar-refractivity contribution in [1.29, 1.82) is 0 Å². The van der Waals surface area contributed by atoms with Crippen LogP contribution in [0.2, 0.25) is 0 Å². The van der Waals surface area contributed by atoms with Gasteiger partial charge >= 0.3 is 0 Å². The average molecular weight is 551 g/mol. The summed E-state index contributed by atoms with van der Waals surface area (Å²) in [4.78, 5) is 15.2. The highest BCUT2D eigenvalue weighted by molar-refractivity contribution is 6.15. The van der Waals surface area contributed by atoms with Crippen molar-refractivity contribution in [1.82, 2.24) is 19.5 Å². The van der Waals surface area contributed by atoms with Crippen LogP contribution in [-0.2, 0) is 0 Å². The third-order valence-corrected chi connectivity index (χ3v) is 7.85. The summed E-state index contributed by atoms with van der Waals surface area (Å²) in [6, 6.07) is 54.5. The van der Waals surface area contributed by atoms with Crippen LogP contribution in [0.1, 0.15) is 0 Å². The van der Waals surface area contributed by atoms with Crippen LogP contribution in [0.15, 0.2) is 158 Å². The Morgan fingerprint density at radius 1 is 0.372 bits per heavy atom. The molecule has 0 N–H and O–H groups in total. The number of aromatic nitrogens is 4. The smallest absolute Gasteiger partial charge is 0.238 e. The van der Waals surface area contributed by atoms with Crippen molar-refractivity contribution in [2.45, 2.75) is 0 Å². The molecule has 0 aliphatic rings. The van der Waals surface area contributed by atoms with Crippen molar-refractivity contribution in [3.63, 3.8) is 0 Å². The molecular formula is C39H26N4. The second-order valence-electron chi connectivity index (χ2n) is 10.5. The predicted molar refractivity (Wildman–Crippen MR) is 176 cm³/mol. The molecule has 6 aromatic carbocycles. The Balaban J connectivity index is 1.50. The normalized spacial score (nSPS) is 11.3. The lowest BCUT2D eigenvalue weighted by atomic mass is 9.95. The van der Waals surface area contributed by atoms with Gasteiger partial charge in [-0.1, -0.05) is 140 Å². The summed E-state index contributed by atoms with van der Waals surface area (Å²) in [5.41, 5.74) is 8.60. The van der Waals surface area contributed by atoms with E-state index in [1.54, 1.807) is 0 Å². The highest BCUT2D eigenvalue weighted by atomic mass is 15.2. The summed E-state index contributed by atoms with van der Waals surface area (Å²) >= 11 is 0. The molecule has 0 radical (unpaired) electrons. The Bertz CT molecular complexity index is 2150. The lowest BCUT2D eigenvalue weighted by molar-refractivity contribution is 0.954. The van der Waals surface area contributed by atoms with Crippen LogP contribution in [0.4, 0.5) is 0 Å². The second kappa shape index (κ2) is 10.5. The van der Waals surface area contributed by atoms with Crippen LogP contribution < -0.4 is 0 Å². The van der Waals surface area contributed by atoms with Gasteiger partial charge < -0.3 is 0 Å². The summed E-state index contributed by atoms with van der Waals surface area (Å²) < 4.78 is 2.21. The van der Waals surface area contributed by atoms with Crippen molar-refractivity contribution in [3.05, 3.63) is 158 Å². The first-order chi connectivity index (χ1) is 21.3. The van der Waals surface area contributed by atoms with Crippen molar-refractivity contribution >= 4 is 21.8 Å². The minimum Gasteiger partial charge on any atom is -0.277 e. The zero-order valence-corrected chi connectivity index (χ0v) is 23.3. The monoisotopic (exact) mass is 550 g/mol. The zero-order chi connectivity index (χ0) is 28.6. The predicted octanol–water partition coefficient (Wildman–Crippen LogP) is 9.64. The molecule has 43 heavy (non-hydrogen) atoms. The van der Waals surface area contributed by atoms with E-state index in [2.05, 4.69) is 102 Å². The molecule has 0 bridgehead atoms. The van der Waals surface area contributed by atoms with Gasteiger partial charge in [-0.05, 0) is 34.9 Å². The molecular weight excluding hydrogens is 524 g/mol. The molecule has 2 aromatic heterocycles. The Morgan fingerprint density at radius 3 is 1.44 bits per heavy atom. The Morgan fingerprint density at radius 2 is 0.860 bits per heavy atom. The van der Waals surface area contributed by atoms with E-state index >= 15 is 0 Å². The maximum atomic E-state index is 5.13. The fourth-order valence-corrected chi connectivity index (χ4v) is 5.84. The van der Waals surface area contributed by atoms with E-state index in [1.165, 1.54) is 11.1 Å². The Hall–Kier alpha value is -5.87. The molecule has 8 aromatic rings. The fraction of sp³-hybridized carbons (Fsp3) is 0. The molecule has 0 amide bonds. The van der Waals surface area contributed by atoms with Crippen LogP contribution in [-0.4, -0.2) is 19.5 Å². The number of benzene rings is 6. The third kappa shape index (κ3) is 4.46. The number of rotatable bonds is 5. The van der Waals surface area contributed by atoms with E-state index in [1.807, 2.05) is 60.7 Å². The van der Waals surface area contributed by atoms with E-state index < -0.39 is 0 Å². The van der Waals surface area contributed by atoms with Crippen molar-refractivity contribution in [2.24, 2.45) is 0 Å². The lowest BCUT2D eigenvalue weighted by Crippen LogP contribution is -2.07. The van der Waals surface area contributed by atoms with E-state index in [0.717, 1.165) is 44.1 Å². The maximum Gasteiger partial charge on any atom is 0.238 e. The van der Waals surface area contributed by atoms with Gasteiger partial charge in [0, 0.05) is 27.5 Å². The standard InChI is InChI=1S/C39H26N4/c1-5-15-27(16-6-1)31-25-33(28-17-7-2-8-18-28)36-34(26-31)32-23-13-14-24-35(32)43(36)39-41-37(29-19-9-3-10-20-29)40-38(42-39)30-21-11-4-12-22-30/h1-26H. The highest BCUT2D eigenvalue weighted by Crippen LogP contribution is 2.41. The molecule has 0 spiro atoms. The van der Waals surface area contributed by atoms with Gasteiger partial charge in [-0.15, -0.1) is 0 Å². The summed E-state index contributed by atoms with van der Waals surface area (Å²) in [6.07, 6.45) is 0. The SMILES string of the molecule is c1ccc(-c2cc(-c3ccccc3)c3c(c2)c2ccccc2n3-c2nc(-c3ccccc3)nc(-c3ccccc3)n2)cc1. The van der Waals surface area contributed by atoms with Crippen LogP contribution in [0, 0.1) is 0 Å². The first-order valence-electron chi connectivity index (χ1n) is 14.4. The van der Waals surface area contributed by atoms with Crippen LogP contribution in [0.25, 0.3) is 72.8 Å². The highest BCUT2D eigenvalue weighted by Gasteiger charge is 2.21. The van der Waals surface area contributed by atoms with Gasteiger partial charge in [0.05, 0.1) is 11.0 Å². The Kier molecular flexibility index (Phi) is 6.08. The van der Waals surface area contributed by atoms with Gasteiger partial charge in [0.15, 0.2) is 11.6 Å². The molecule has 4 heteroatoms. The van der Waals surface area contributed by atoms with Crippen molar-refractivity contribution < 1.29 is 0 Å². The molecule has 0 unspecified atom stereocenters. The minimum atomic E-state index is 0.587. The third-order valence-electron chi connectivity index (χ3n) is 7.85.